The number of benzene rings is 3. The number of para-hydroxylation sites is 1. The molecule has 2 N–H and O–H groups in total. The number of carbonyl (C=O) groups is 1. The molecular weight excluding hydrogens is 430 g/mol. The fraction of sp³-hybridized carbons (Fsp3) is 0.174. The number of sulfonamides is 1. The van der Waals surface area contributed by atoms with Gasteiger partial charge >= 0.3 is 0 Å². The molecule has 31 heavy (non-hydrogen) atoms. The molecule has 0 saturated heterocycles. The van der Waals surface area contributed by atoms with Gasteiger partial charge in [0.2, 0.25) is 15.9 Å². The van der Waals surface area contributed by atoms with E-state index in [0.717, 1.165) is 19.8 Å². The van der Waals surface area contributed by atoms with Crippen LogP contribution in [0.2, 0.25) is 0 Å². The molecule has 162 valence electrons. The maximum absolute atomic E-state index is 12.5. The predicted molar refractivity (Wildman–Crippen MR) is 126 cm³/mol. The van der Waals surface area contributed by atoms with Gasteiger partial charge < -0.3 is 10.6 Å². The van der Waals surface area contributed by atoms with Gasteiger partial charge in [0, 0.05) is 35.3 Å². The van der Waals surface area contributed by atoms with Crippen molar-refractivity contribution in [3.05, 3.63) is 78.4 Å². The molecule has 0 aliphatic carbocycles. The minimum Gasteiger partial charge on any atom is -0.375 e. The van der Waals surface area contributed by atoms with Crippen molar-refractivity contribution in [1.29, 1.82) is 0 Å². The van der Waals surface area contributed by atoms with Crippen LogP contribution in [0.4, 0.5) is 11.4 Å². The third-order valence-corrected chi connectivity index (χ3v) is 7.57. The minimum absolute atomic E-state index is 0.0516. The van der Waals surface area contributed by atoms with Crippen LogP contribution in [0.15, 0.2) is 87.5 Å². The van der Waals surface area contributed by atoms with Crippen LogP contribution in [-0.4, -0.2) is 39.3 Å². The molecule has 8 heteroatoms. The summed E-state index contributed by atoms with van der Waals surface area (Å²) in [5.41, 5.74) is 1.91. The average molecular weight is 456 g/mol. The third kappa shape index (κ3) is 5.88. The summed E-state index contributed by atoms with van der Waals surface area (Å²) in [5, 5.41) is 5.94. The molecular formula is C23H25N3O3S2. The second-order valence-corrected chi connectivity index (χ2v) is 10.3. The van der Waals surface area contributed by atoms with Crippen LogP contribution < -0.4 is 10.6 Å². The Bertz CT molecular complexity index is 1160. The van der Waals surface area contributed by atoms with E-state index in [0.29, 0.717) is 11.3 Å². The van der Waals surface area contributed by atoms with Gasteiger partial charge in [-0.1, -0.05) is 48.2 Å². The van der Waals surface area contributed by atoms with Crippen molar-refractivity contribution in [2.75, 3.05) is 31.3 Å². The molecule has 3 aromatic carbocycles. The number of rotatable bonds is 8. The molecule has 0 aliphatic rings. The summed E-state index contributed by atoms with van der Waals surface area (Å²) in [6.45, 7) is 1.78. The maximum atomic E-state index is 12.5. The van der Waals surface area contributed by atoms with Gasteiger partial charge in [-0.15, -0.1) is 0 Å². The number of nitrogens with zero attached hydrogens (tertiary/aromatic N) is 1. The summed E-state index contributed by atoms with van der Waals surface area (Å²) in [4.78, 5) is 14.8. The number of amides is 1. The fourth-order valence-corrected chi connectivity index (χ4v) is 4.94. The standard InChI is InChI=1S/C23H25N3O3S2/c1-17-13-14-18(15-22(17)31(28,29)26(2)3)25-23(27)16-24-20-11-7-8-12-21(20)30-19-9-5-4-6-10-19/h4-15,24H,16H2,1-3H3,(H,25,27). The molecule has 0 aliphatic heterocycles. The second-order valence-electron chi connectivity index (χ2n) is 7.08. The Kier molecular flexibility index (Phi) is 7.37. The number of carbonyl (C=O) groups excluding carboxylic acids is 1. The summed E-state index contributed by atoms with van der Waals surface area (Å²) in [7, 11) is -0.631. The van der Waals surface area contributed by atoms with Crippen molar-refractivity contribution in [3.63, 3.8) is 0 Å². The van der Waals surface area contributed by atoms with Crippen molar-refractivity contribution >= 4 is 39.1 Å². The SMILES string of the molecule is Cc1ccc(NC(=O)CNc2ccccc2Sc2ccccc2)cc1S(=O)(=O)N(C)C. The predicted octanol–water partition coefficient (Wildman–Crippen LogP) is 4.45. The monoisotopic (exact) mass is 455 g/mol. The van der Waals surface area contributed by atoms with Gasteiger partial charge in [-0.3, -0.25) is 4.79 Å². The lowest BCUT2D eigenvalue weighted by molar-refractivity contribution is -0.114. The Morgan fingerprint density at radius 1 is 0.968 bits per heavy atom. The molecule has 3 rings (SSSR count). The zero-order valence-corrected chi connectivity index (χ0v) is 19.3. The molecule has 0 radical (unpaired) electrons. The van der Waals surface area contributed by atoms with E-state index in [1.165, 1.54) is 20.2 Å². The molecule has 1 amide bonds. The Balaban J connectivity index is 1.68. The smallest absolute Gasteiger partial charge is 0.243 e. The zero-order chi connectivity index (χ0) is 22.4. The number of hydrogen-bond donors (Lipinski definition) is 2. The van der Waals surface area contributed by atoms with Crippen molar-refractivity contribution in [2.24, 2.45) is 0 Å². The summed E-state index contributed by atoms with van der Waals surface area (Å²) < 4.78 is 26.1. The quantitative estimate of drug-likeness (QED) is 0.525. The highest BCUT2D eigenvalue weighted by Gasteiger charge is 2.20. The summed E-state index contributed by atoms with van der Waals surface area (Å²) in [5.74, 6) is -0.267. The van der Waals surface area contributed by atoms with Crippen molar-refractivity contribution in [3.8, 4) is 0 Å². The van der Waals surface area contributed by atoms with Crippen LogP contribution in [0.1, 0.15) is 5.56 Å². The van der Waals surface area contributed by atoms with Crippen LogP contribution in [0.5, 0.6) is 0 Å². The van der Waals surface area contributed by atoms with Crippen molar-refractivity contribution in [2.45, 2.75) is 21.6 Å². The van der Waals surface area contributed by atoms with Gasteiger partial charge in [0.05, 0.1) is 11.4 Å². The highest BCUT2D eigenvalue weighted by atomic mass is 32.2. The van der Waals surface area contributed by atoms with Gasteiger partial charge in [-0.2, -0.15) is 0 Å². The second kappa shape index (κ2) is 10.00. The van der Waals surface area contributed by atoms with E-state index in [1.807, 2.05) is 54.6 Å². The van der Waals surface area contributed by atoms with E-state index in [-0.39, 0.29) is 17.3 Å². The van der Waals surface area contributed by atoms with E-state index in [2.05, 4.69) is 10.6 Å². The largest absolute Gasteiger partial charge is 0.375 e. The average Bonchev–Trinajstić information content (AvgIpc) is 2.75. The molecule has 3 aromatic rings. The number of hydrogen-bond acceptors (Lipinski definition) is 5. The summed E-state index contributed by atoms with van der Waals surface area (Å²) in [6.07, 6.45) is 0. The van der Waals surface area contributed by atoms with Gasteiger partial charge in [0.1, 0.15) is 0 Å². The summed E-state index contributed by atoms with van der Waals surface area (Å²) in [6, 6.07) is 22.7. The number of nitrogens with one attached hydrogen (secondary N) is 2. The van der Waals surface area contributed by atoms with Crippen LogP contribution in [-0.2, 0) is 14.8 Å². The van der Waals surface area contributed by atoms with Crippen LogP contribution in [0.3, 0.4) is 0 Å². The van der Waals surface area contributed by atoms with Gasteiger partial charge in [-0.25, -0.2) is 12.7 Å². The number of anilines is 2. The highest BCUT2D eigenvalue weighted by molar-refractivity contribution is 7.99. The van der Waals surface area contributed by atoms with E-state index >= 15 is 0 Å². The first kappa shape index (κ1) is 22.9. The molecule has 0 heterocycles. The minimum atomic E-state index is -3.59. The maximum Gasteiger partial charge on any atom is 0.243 e. The highest BCUT2D eigenvalue weighted by Crippen LogP contribution is 2.33. The Labute approximate surface area is 187 Å². The zero-order valence-electron chi connectivity index (χ0n) is 17.6. The molecule has 0 saturated carbocycles. The molecule has 0 fully saturated rings. The lowest BCUT2D eigenvalue weighted by Gasteiger charge is -2.15. The van der Waals surface area contributed by atoms with Crippen LogP contribution in [0, 0.1) is 6.92 Å². The molecule has 6 nitrogen and oxygen atoms in total. The molecule has 0 spiro atoms. The van der Waals surface area contributed by atoms with Crippen LogP contribution >= 0.6 is 11.8 Å². The first-order valence-corrected chi connectivity index (χ1v) is 11.9. The summed E-state index contributed by atoms with van der Waals surface area (Å²) >= 11 is 1.61. The molecule has 0 unspecified atom stereocenters. The normalized spacial score (nSPS) is 11.4. The Hall–Kier alpha value is -2.81. The fourth-order valence-electron chi connectivity index (χ4n) is 2.85. The van der Waals surface area contributed by atoms with Crippen molar-refractivity contribution in [1.82, 2.24) is 4.31 Å². The van der Waals surface area contributed by atoms with E-state index < -0.39 is 10.0 Å². The van der Waals surface area contributed by atoms with Crippen molar-refractivity contribution < 1.29 is 13.2 Å². The first-order chi connectivity index (χ1) is 14.8. The topological polar surface area (TPSA) is 78.5 Å². The van der Waals surface area contributed by atoms with Gasteiger partial charge in [-0.05, 0) is 48.9 Å². The Morgan fingerprint density at radius 2 is 1.65 bits per heavy atom. The van der Waals surface area contributed by atoms with Crippen LogP contribution in [0.25, 0.3) is 0 Å². The molecule has 0 aromatic heterocycles. The first-order valence-electron chi connectivity index (χ1n) is 9.66. The van der Waals surface area contributed by atoms with E-state index in [1.54, 1.807) is 30.8 Å². The number of aryl methyl sites for hydroxylation is 1. The van der Waals surface area contributed by atoms with Gasteiger partial charge in [0.15, 0.2) is 0 Å². The lowest BCUT2D eigenvalue weighted by Crippen LogP contribution is -2.24. The lowest BCUT2D eigenvalue weighted by atomic mass is 10.2. The van der Waals surface area contributed by atoms with E-state index in [9.17, 15) is 13.2 Å². The Morgan fingerprint density at radius 3 is 2.35 bits per heavy atom. The molecule has 0 atom stereocenters. The van der Waals surface area contributed by atoms with E-state index in [4.69, 9.17) is 0 Å². The third-order valence-electron chi connectivity index (χ3n) is 4.53. The van der Waals surface area contributed by atoms with Gasteiger partial charge in [0.25, 0.3) is 0 Å². The molecule has 0 bridgehead atoms.